The maximum absolute atomic E-state index is 14.1. The van der Waals surface area contributed by atoms with Gasteiger partial charge >= 0.3 is 12.8 Å². The zero-order valence-electron chi connectivity index (χ0n) is 20.0. The molecule has 0 N–H and O–H groups in total. The number of halogens is 6. The van der Waals surface area contributed by atoms with E-state index in [9.17, 15) is 34.8 Å². The van der Waals surface area contributed by atoms with Crippen molar-refractivity contribution in [2.75, 3.05) is 10.8 Å². The smallest absolute Gasteiger partial charge is 0.416 e. The minimum Gasteiger partial charge on any atom is -0.471 e. The van der Waals surface area contributed by atoms with Gasteiger partial charge in [-0.15, -0.1) is 0 Å². The first-order valence-electron chi connectivity index (χ1n) is 11.4. The van der Waals surface area contributed by atoms with Crippen molar-refractivity contribution in [2.45, 2.75) is 44.1 Å². The Hall–Kier alpha value is -3.48. The van der Waals surface area contributed by atoms with E-state index >= 15 is 0 Å². The molecule has 0 saturated carbocycles. The third-order valence-electron chi connectivity index (χ3n) is 5.66. The lowest BCUT2D eigenvalue weighted by atomic mass is 10.0. The normalized spacial score (nSPS) is 15.9. The number of aromatic nitrogens is 1. The molecule has 204 valence electrons. The van der Waals surface area contributed by atoms with Gasteiger partial charge in [-0.3, -0.25) is 4.31 Å². The molecule has 38 heavy (non-hydrogen) atoms. The summed E-state index contributed by atoms with van der Waals surface area (Å²) in [7, 11) is -4.54. The van der Waals surface area contributed by atoms with E-state index in [0.29, 0.717) is 12.5 Å². The van der Waals surface area contributed by atoms with Crippen molar-refractivity contribution in [3.63, 3.8) is 0 Å². The molecule has 6 nitrogen and oxygen atoms in total. The second-order valence-corrected chi connectivity index (χ2v) is 10.9. The molecule has 1 aliphatic rings. The molecule has 4 rings (SSSR count). The lowest BCUT2D eigenvalue weighted by molar-refractivity contribution is -0.137. The number of sulfonamides is 1. The van der Waals surface area contributed by atoms with Crippen LogP contribution in [0.1, 0.15) is 25.8 Å². The van der Waals surface area contributed by atoms with Gasteiger partial charge in [-0.1, -0.05) is 19.9 Å². The van der Waals surface area contributed by atoms with E-state index in [1.807, 2.05) is 13.8 Å². The van der Waals surface area contributed by atoms with Crippen LogP contribution < -0.4 is 13.8 Å². The van der Waals surface area contributed by atoms with Crippen LogP contribution in [0.5, 0.6) is 11.6 Å². The molecular weight excluding hydrogens is 538 g/mol. The van der Waals surface area contributed by atoms with E-state index in [1.165, 1.54) is 12.3 Å². The van der Waals surface area contributed by atoms with E-state index in [1.54, 1.807) is 0 Å². The quantitative estimate of drug-likeness (QED) is 0.308. The van der Waals surface area contributed by atoms with Gasteiger partial charge in [0.15, 0.2) is 0 Å². The zero-order valence-corrected chi connectivity index (χ0v) is 20.9. The Kier molecular flexibility index (Phi) is 7.51. The van der Waals surface area contributed by atoms with Gasteiger partial charge in [0.1, 0.15) is 23.4 Å². The summed E-state index contributed by atoms with van der Waals surface area (Å²) in [5.74, 6) is -1.35. The summed E-state index contributed by atoms with van der Waals surface area (Å²) in [5.41, 5.74) is -1.04. The third kappa shape index (κ3) is 5.98. The van der Waals surface area contributed by atoms with Crippen LogP contribution in [-0.2, 0) is 16.2 Å². The molecular formula is C25H22F6N2O4S. The summed E-state index contributed by atoms with van der Waals surface area (Å²) in [6.07, 6.45) is -3.75. The molecule has 0 amide bonds. The molecule has 1 aromatic heterocycles. The summed E-state index contributed by atoms with van der Waals surface area (Å²) in [6, 6.07) is 7.53. The first-order chi connectivity index (χ1) is 17.7. The van der Waals surface area contributed by atoms with Crippen LogP contribution in [0.25, 0.3) is 11.1 Å². The molecule has 2 aromatic carbocycles. The molecule has 1 aliphatic heterocycles. The maximum atomic E-state index is 14.1. The molecule has 1 atom stereocenters. The topological polar surface area (TPSA) is 68.7 Å². The molecule has 0 bridgehead atoms. The average Bonchev–Trinajstić information content (AvgIpc) is 2.81. The van der Waals surface area contributed by atoms with E-state index in [2.05, 4.69) is 9.72 Å². The molecule has 0 saturated heterocycles. The third-order valence-corrected chi connectivity index (χ3v) is 7.44. The molecule has 0 aliphatic carbocycles. The highest BCUT2D eigenvalue weighted by Crippen LogP contribution is 2.40. The van der Waals surface area contributed by atoms with Crippen molar-refractivity contribution in [3.05, 3.63) is 66.1 Å². The number of hydrogen-bond acceptors (Lipinski definition) is 5. The van der Waals surface area contributed by atoms with E-state index in [-0.39, 0.29) is 35.2 Å². The van der Waals surface area contributed by atoms with Crippen LogP contribution in [0, 0.1) is 11.7 Å². The molecule has 3 aromatic rings. The Morgan fingerprint density at radius 1 is 1.11 bits per heavy atom. The number of fused-ring (bicyclic) bond motifs is 1. The lowest BCUT2D eigenvalue weighted by Gasteiger charge is -2.35. The van der Waals surface area contributed by atoms with Gasteiger partial charge in [-0.25, -0.2) is 17.8 Å². The fourth-order valence-electron chi connectivity index (χ4n) is 4.08. The fraction of sp³-hybridized carbons (Fsp3) is 0.320. The van der Waals surface area contributed by atoms with Crippen LogP contribution in [-0.4, -0.2) is 32.7 Å². The minimum atomic E-state index is -4.77. The predicted octanol–water partition coefficient (Wildman–Crippen LogP) is 6.51. The Labute approximate surface area is 214 Å². The van der Waals surface area contributed by atoms with Gasteiger partial charge in [0.2, 0.25) is 5.88 Å². The van der Waals surface area contributed by atoms with Crippen molar-refractivity contribution in [1.82, 2.24) is 4.98 Å². The molecule has 0 fully saturated rings. The fourth-order valence-corrected chi connectivity index (χ4v) is 5.62. The lowest BCUT2D eigenvalue weighted by Crippen LogP contribution is -2.44. The van der Waals surface area contributed by atoms with Gasteiger partial charge in [-0.05, 0) is 54.3 Å². The van der Waals surface area contributed by atoms with Crippen LogP contribution in [0.15, 0.2) is 59.6 Å². The van der Waals surface area contributed by atoms with Crippen LogP contribution in [0.3, 0.4) is 0 Å². The number of benzene rings is 2. The van der Waals surface area contributed by atoms with Gasteiger partial charge in [-0.2, -0.15) is 22.0 Å². The molecule has 0 unspecified atom stereocenters. The average molecular weight is 561 g/mol. The number of hydrogen-bond donors (Lipinski definition) is 0. The summed E-state index contributed by atoms with van der Waals surface area (Å²) < 4.78 is 118. The number of anilines is 1. The zero-order chi connectivity index (χ0) is 27.8. The Morgan fingerprint density at radius 2 is 1.84 bits per heavy atom. The highest BCUT2D eigenvalue weighted by atomic mass is 32.2. The second kappa shape index (κ2) is 10.4. The number of rotatable bonds is 7. The van der Waals surface area contributed by atoms with Crippen molar-refractivity contribution in [1.29, 1.82) is 0 Å². The van der Waals surface area contributed by atoms with E-state index < -0.39 is 50.9 Å². The van der Waals surface area contributed by atoms with E-state index in [0.717, 1.165) is 40.7 Å². The molecule has 2 heterocycles. The first-order valence-corrected chi connectivity index (χ1v) is 12.8. The Morgan fingerprint density at radius 3 is 2.50 bits per heavy atom. The van der Waals surface area contributed by atoms with Crippen molar-refractivity contribution < 1.29 is 44.2 Å². The van der Waals surface area contributed by atoms with Gasteiger partial charge in [0, 0.05) is 17.8 Å². The number of pyridine rings is 1. The highest BCUT2D eigenvalue weighted by molar-refractivity contribution is 7.92. The van der Waals surface area contributed by atoms with E-state index in [4.69, 9.17) is 4.74 Å². The first kappa shape index (κ1) is 27.6. The van der Waals surface area contributed by atoms with Crippen molar-refractivity contribution in [3.8, 4) is 22.8 Å². The number of ether oxygens (including phenoxy) is 2. The Balaban J connectivity index is 1.82. The molecule has 0 spiro atoms. The minimum absolute atomic E-state index is 0.0525. The monoisotopic (exact) mass is 560 g/mol. The van der Waals surface area contributed by atoms with Gasteiger partial charge in [0.05, 0.1) is 17.0 Å². The second-order valence-electron chi connectivity index (χ2n) is 9.03. The summed E-state index contributed by atoms with van der Waals surface area (Å²) >= 11 is 0. The van der Waals surface area contributed by atoms with Gasteiger partial charge in [0.25, 0.3) is 10.0 Å². The summed E-state index contributed by atoms with van der Waals surface area (Å²) in [6.45, 7) is 0.358. The number of alkyl halides is 5. The summed E-state index contributed by atoms with van der Waals surface area (Å²) in [4.78, 5) is 3.58. The van der Waals surface area contributed by atoms with Gasteiger partial charge < -0.3 is 9.47 Å². The largest absolute Gasteiger partial charge is 0.471 e. The van der Waals surface area contributed by atoms with Crippen LogP contribution >= 0.6 is 0 Å². The molecule has 0 radical (unpaired) electrons. The molecule has 13 heteroatoms. The predicted molar refractivity (Wildman–Crippen MR) is 126 cm³/mol. The summed E-state index contributed by atoms with van der Waals surface area (Å²) in [5, 5.41) is 0. The van der Waals surface area contributed by atoms with Crippen molar-refractivity contribution in [2.24, 2.45) is 5.92 Å². The SMILES string of the molecule is CC(C)C[C@H]1CN(S(=O)(=O)c2cccc(C(F)(F)F)c2)c2cc(-c3cc(F)cc(OC(F)F)c3)cnc2O1. The van der Waals surface area contributed by atoms with Crippen LogP contribution in [0.2, 0.25) is 0 Å². The Bertz CT molecular complexity index is 1430. The maximum Gasteiger partial charge on any atom is 0.416 e. The van der Waals surface area contributed by atoms with Crippen molar-refractivity contribution >= 4 is 15.7 Å². The standard InChI is InChI=1S/C25H22F6N2O4S/c1-14(2)6-20-13-33(38(34,35)21-5-3-4-17(10-21)25(29,30)31)22-9-16(12-32-23(22)36-20)15-7-18(26)11-19(8-15)37-24(27)28/h3-5,7-12,14,20,24H,6,13H2,1-2H3/t20-/m0/s1. The highest BCUT2D eigenvalue weighted by Gasteiger charge is 2.38. The van der Waals surface area contributed by atoms with Crippen LogP contribution in [0.4, 0.5) is 32.0 Å². The number of nitrogens with zero attached hydrogens (tertiary/aromatic N) is 2.